The van der Waals surface area contributed by atoms with E-state index in [1.54, 1.807) is 12.1 Å². The molecule has 0 unspecified atom stereocenters. The molecule has 2 aliphatic rings. The van der Waals surface area contributed by atoms with Gasteiger partial charge < -0.3 is 9.47 Å². The number of amides is 1. The van der Waals surface area contributed by atoms with Crippen molar-refractivity contribution in [2.24, 2.45) is 5.10 Å². The molecule has 0 aliphatic carbocycles. The van der Waals surface area contributed by atoms with E-state index in [1.807, 2.05) is 55.5 Å². The fourth-order valence-corrected chi connectivity index (χ4v) is 4.38. The van der Waals surface area contributed by atoms with E-state index in [0.29, 0.717) is 19.6 Å². The van der Waals surface area contributed by atoms with Crippen molar-refractivity contribution in [2.45, 2.75) is 38.6 Å². The number of nitrogens with zero attached hydrogens (tertiary/aromatic N) is 3. The second-order valence-corrected chi connectivity index (χ2v) is 8.04. The molecule has 0 aromatic heterocycles. The molecule has 6 nitrogen and oxygen atoms in total. The quantitative estimate of drug-likeness (QED) is 0.670. The van der Waals surface area contributed by atoms with Gasteiger partial charge in [0.15, 0.2) is 0 Å². The third kappa shape index (κ3) is 4.90. The minimum absolute atomic E-state index is 0.0469. The fraction of sp³-hybridized carbons (Fsp3) is 0.440. The summed E-state index contributed by atoms with van der Waals surface area (Å²) in [5.41, 5.74) is 2.88. The van der Waals surface area contributed by atoms with Crippen molar-refractivity contribution in [1.29, 1.82) is 0 Å². The number of hydrogen-bond donors (Lipinski definition) is 0. The van der Waals surface area contributed by atoms with E-state index < -0.39 is 0 Å². The van der Waals surface area contributed by atoms with Gasteiger partial charge in [0.1, 0.15) is 11.5 Å². The minimum atomic E-state index is -0.132. The predicted octanol–water partition coefficient (Wildman–Crippen LogP) is 4.26. The molecule has 4 rings (SSSR count). The summed E-state index contributed by atoms with van der Waals surface area (Å²) < 4.78 is 11.1. The molecule has 0 N–H and O–H groups in total. The van der Waals surface area contributed by atoms with E-state index in [1.165, 1.54) is 6.42 Å². The molecule has 0 radical (unpaired) electrons. The van der Waals surface area contributed by atoms with Gasteiger partial charge in [0.05, 0.1) is 32.0 Å². The summed E-state index contributed by atoms with van der Waals surface area (Å²) in [5, 5.41) is 6.50. The number of ether oxygens (including phenoxy) is 2. The summed E-state index contributed by atoms with van der Waals surface area (Å²) in [6, 6.07) is 15.7. The number of methoxy groups -OCH3 is 1. The maximum atomic E-state index is 13.3. The number of carbonyl (C=O) groups excluding carboxylic acids is 1. The van der Waals surface area contributed by atoms with Crippen LogP contribution in [0.25, 0.3) is 0 Å². The molecule has 6 heteroatoms. The van der Waals surface area contributed by atoms with Gasteiger partial charge in [-0.05, 0) is 62.7 Å². The van der Waals surface area contributed by atoms with Crippen molar-refractivity contribution in [1.82, 2.24) is 9.91 Å². The van der Waals surface area contributed by atoms with E-state index in [0.717, 1.165) is 54.3 Å². The van der Waals surface area contributed by atoms with Crippen molar-refractivity contribution < 1.29 is 14.3 Å². The Morgan fingerprint density at radius 2 is 1.81 bits per heavy atom. The Morgan fingerprint density at radius 1 is 1.06 bits per heavy atom. The number of benzene rings is 2. The second kappa shape index (κ2) is 9.96. The van der Waals surface area contributed by atoms with Crippen LogP contribution in [-0.2, 0) is 4.79 Å². The summed E-state index contributed by atoms with van der Waals surface area (Å²) in [6.45, 7) is 4.98. The van der Waals surface area contributed by atoms with Crippen LogP contribution in [0.5, 0.6) is 11.5 Å². The molecule has 1 fully saturated rings. The van der Waals surface area contributed by atoms with Crippen LogP contribution in [0.1, 0.15) is 49.8 Å². The first-order valence-electron chi connectivity index (χ1n) is 11.2. The monoisotopic (exact) mass is 421 g/mol. The van der Waals surface area contributed by atoms with Crippen LogP contribution in [0.4, 0.5) is 0 Å². The highest BCUT2D eigenvalue weighted by atomic mass is 16.5. The van der Waals surface area contributed by atoms with E-state index in [4.69, 9.17) is 14.6 Å². The van der Waals surface area contributed by atoms with Gasteiger partial charge in [-0.1, -0.05) is 30.7 Å². The van der Waals surface area contributed by atoms with Crippen LogP contribution >= 0.6 is 0 Å². The van der Waals surface area contributed by atoms with Crippen molar-refractivity contribution in [3.63, 3.8) is 0 Å². The molecule has 1 amide bonds. The molecule has 2 aromatic carbocycles. The number of carbonyl (C=O) groups is 1. The molecule has 0 saturated carbocycles. The largest absolute Gasteiger partial charge is 0.496 e. The Hall–Kier alpha value is -2.86. The van der Waals surface area contributed by atoms with Crippen molar-refractivity contribution in [3.8, 4) is 11.5 Å². The lowest BCUT2D eigenvalue weighted by molar-refractivity contribution is -0.134. The standard InChI is InChI=1S/C25H31N3O3/c1-3-31-20-13-11-19(12-14-20)23-17-22(21-9-5-6-10-24(21)30-2)26-28(23)25(29)18-27-15-7-4-8-16-27/h5-6,9-14,23H,3-4,7-8,15-18H2,1-2H3/t23-/m0/s1. The van der Waals surface area contributed by atoms with E-state index in [-0.39, 0.29) is 11.9 Å². The van der Waals surface area contributed by atoms with Crippen molar-refractivity contribution in [2.75, 3.05) is 33.4 Å². The first kappa shape index (κ1) is 21.4. The van der Waals surface area contributed by atoms with Crippen molar-refractivity contribution in [3.05, 3.63) is 59.7 Å². The average molecular weight is 422 g/mol. The third-order valence-corrected chi connectivity index (χ3v) is 5.97. The number of hydrogen-bond acceptors (Lipinski definition) is 5. The Balaban J connectivity index is 1.61. The van der Waals surface area contributed by atoms with Crippen LogP contribution in [0.15, 0.2) is 53.6 Å². The molecular formula is C25H31N3O3. The van der Waals surface area contributed by atoms with Gasteiger partial charge >= 0.3 is 0 Å². The minimum Gasteiger partial charge on any atom is -0.496 e. The number of para-hydroxylation sites is 1. The highest BCUT2D eigenvalue weighted by Gasteiger charge is 2.34. The zero-order valence-corrected chi connectivity index (χ0v) is 18.4. The Morgan fingerprint density at radius 3 is 2.52 bits per heavy atom. The van der Waals surface area contributed by atoms with Gasteiger partial charge in [-0.15, -0.1) is 0 Å². The van der Waals surface area contributed by atoms with Gasteiger partial charge in [0.2, 0.25) is 0 Å². The van der Waals surface area contributed by atoms with Gasteiger partial charge in [-0.3, -0.25) is 9.69 Å². The highest BCUT2D eigenvalue weighted by Crippen LogP contribution is 2.35. The molecular weight excluding hydrogens is 390 g/mol. The van der Waals surface area contributed by atoms with Crippen molar-refractivity contribution >= 4 is 11.6 Å². The van der Waals surface area contributed by atoms with Gasteiger partial charge in [-0.2, -0.15) is 5.10 Å². The summed E-state index contributed by atoms with van der Waals surface area (Å²) in [4.78, 5) is 15.6. The van der Waals surface area contributed by atoms with Crippen LogP contribution in [0.3, 0.4) is 0 Å². The topological polar surface area (TPSA) is 54.4 Å². The summed E-state index contributed by atoms with van der Waals surface area (Å²) in [7, 11) is 1.66. The number of likely N-dealkylation sites (tertiary alicyclic amines) is 1. The first-order valence-corrected chi connectivity index (χ1v) is 11.2. The summed E-state index contributed by atoms with van der Waals surface area (Å²) >= 11 is 0. The summed E-state index contributed by atoms with van der Waals surface area (Å²) in [5.74, 6) is 1.66. The SMILES string of the molecule is CCOc1ccc([C@@H]2CC(c3ccccc3OC)=NN2C(=O)CN2CCCCC2)cc1. The van der Waals surface area contributed by atoms with Crippen LogP contribution in [0.2, 0.25) is 0 Å². The molecule has 1 atom stereocenters. The number of rotatable bonds is 7. The van der Waals surface area contributed by atoms with E-state index in [2.05, 4.69) is 4.90 Å². The lowest BCUT2D eigenvalue weighted by Crippen LogP contribution is -2.40. The predicted molar refractivity (Wildman–Crippen MR) is 122 cm³/mol. The maximum Gasteiger partial charge on any atom is 0.257 e. The van der Waals surface area contributed by atoms with Crippen LogP contribution < -0.4 is 9.47 Å². The average Bonchev–Trinajstić information content (AvgIpc) is 3.26. The second-order valence-electron chi connectivity index (χ2n) is 8.04. The number of piperidine rings is 1. The fourth-order valence-electron chi connectivity index (χ4n) is 4.38. The van der Waals surface area contributed by atoms with Gasteiger partial charge in [0, 0.05) is 12.0 Å². The maximum absolute atomic E-state index is 13.3. The molecule has 0 bridgehead atoms. The summed E-state index contributed by atoms with van der Waals surface area (Å²) in [6.07, 6.45) is 4.22. The Bertz CT molecular complexity index is 920. The lowest BCUT2D eigenvalue weighted by atomic mass is 9.98. The molecule has 164 valence electrons. The molecule has 1 saturated heterocycles. The van der Waals surface area contributed by atoms with E-state index >= 15 is 0 Å². The van der Waals surface area contributed by atoms with E-state index in [9.17, 15) is 4.79 Å². The molecule has 2 heterocycles. The first-order chi connectivity index (χ1) is 15.2. The molecule has 2 aliphatic heterocycles. The zero-order chi connectivity index (χ0) is 21.6. The van der Waals surface area contributed by atoms with Gasteiger partial charge in [0.25, 0.3) is 5.91 Å². The zero-order valence-electron chi connectivity index (χ0n) is 18.4. The third-order valence-electron chi connectivity index (χ3n) is 5.97. The molecule has 2 aromatic rings. The van der Waals surface area contributed by atoms with Crippen LogP contribution in [0, 0.1) is 0 Å². The number of hydrazone groups is 1. The van der Waals surface area contributed by atoms with Gasteiger partial charge in [-0.25, -0.2) is 5.01 Å². The molecule has 0 spiro atoms. The van der Waals surface area contributed by atoms with Crippen LogP contribution in [-0.4, -0.2) is 54.9 Å². The normalized spacial score (nSPS) is 19.2. The smallest absolute Gasteiger partial charge is 0.257 e. The highest BCUT2D eigenvalue weighted by molar-refractivity contribution is 6.05. The lowest BCUT2D eigenvalue weighted by Gasteiger charge is -2.29. The Kier molecular flexibility index (Phi) is 6.87. The molecule has 31 heavy (non-hydrogen) atoms. The Labute approximate surface area is 184 Å².